The molecule has 0 aromatic heterocycles. The number of benzene rings is 1. The van der Waals surface area contributed by atoms with E-state index < -0.39 is 0 Å². The Balaban J connectivity index is 1.65. The van der Waals surface area contributed by atoms with Gasteiger partial charge in [-0.05, 0) is 50.8 Å². The molecule has 0 aliphatic carbocycles. The van der Waals surface area contributed by atoms with Crippen LogP contribution in [0.5, 0.6) is 0 Å². The molecular weight excluding hydrogens is 296 g/mol. The topological polar surface area (TPSA) is 32.3 Å². The van der Waals surface area contributed by atoms with Gasteiger partial charge in [0.25, 0.3) is 5.91 Å². The fourth-order valence-corrected chi connectivity index (χ4v) is 4.35. The molecule has 2 heterocycles. The minimum atomic E-state index is -0.0300. The fraction of sp³-hybridized carbons (Fsp3) is 0.611. The number of piperidine rings is 2. The molecule has 3 atom stereocenters. The molecule has 0 spiro atoms. The first-order valence-corrected chi connectivity index (χ1v) is 8.88. The Morgan fingerprint density at radius 3 is 2.59 bits per heavy atom. The monoisotopic (exact) mass is 320 g/mol. The molecule has 1 aromatic carbocycles. The summed E-state index contributed by atoms with van der Waals surface area (Å²) in [6, 6.07) is 8.85. The first-order chi connectivity index (χ1) is 10.7. The van der Waals surface area contributed by atoms with Crippen molar-refractivity contribution < 1.29 is 4.79 Å². The highest BCUT2D eigenvalue weighted by Crippen LogP contribution is 2.34. The second kappa shape index (κ2) is 7.01. The van der Waals surface area contributed by atoms with Crippen LogP contribution in [0, 0.1) is 0 Å². The van der Waals surface area contributed by atoms with Crippen LogP contribution in [-0.2, 0) is 0 Å². The molecule has 0 saturated carbocycles. The zero-order chi connectivity index (χ0) is 15.5. The van der Waals surface area contributed by atoms with Crippen molar-refractivity contribution in [3.8, 4) is 0 Å². The van der Waals surface area contributed by atoms with Gasteiger partial charge in [-0.3, -0.25) is 9.69 Å². The molecule has 2 bridgehead atoms. The molecule has 4 heteroatoms. The van der Waals surface area contributed by atoms with Crippen molar-refractivity contribution in [1.82, 2.24) is 10.2 Å². The summed E-state index contributed by atoms with van der Waals surface area (Å²) < 4.78 is 0. The lowest BCUT2D eigenvalue weighted by atomic mass is 9.81. The van der Waals surface area contributed by atoms with Crippen LogP contribution in [-0.4, -0.2) is 35.5 Å². The van der Waals surface area contributed by atoms with Crippen molar-refractivity contribution in [2.24, 2.45) is 0 Å². The molecule has 120 valence electrons. The van der Waals surface area contributed by atoms with Gasteiger partial charge >= 0.3 is 0 Å². The van der Waals surface area contributed by atoms with E-state index in [1.165, 1.54) is 32.2 Å². The number of amides is 1. The highest BCUT2D eigenvalue weighted by molar-refractivity contribution is 6.33. The van der Waals surface area contributed by atoms with Gasteiger partial charge in [0, 0.05) is 18.1 Å². The molecular formula is C18H25ClN2O. The van der Waals surface area contributed by atoms with Crippen LogP contribution in [0.25, 0.3) is 0 Å². The molecule has 0 radical (unpaired) electrons. The molecule has 2 saturated heterocycles. The summed E-state index contributed by atoms with van der Waals surface area (Å²) in [6.07, 6.45) is 7.24. The summed E-state index contributed by atoms with van der Waals surface area (Å²) in [6.45, 7) is 3.45. The van der Waals surface area contributed by atoms with E-state index in [2.05, 4.69) is 17.1 Å². The Bertz CT molecular complexity index is 520. The Labute approximate surface area is 138 Å². The molecule has 22 heavy (non-hydrogen) atoms. The van der Waals surface area contributed by atoms with Crippen LogP contribution in [0.2, 0.25) is 5.02 Å². The molecule has 2 aliphatic heterocycles. The maximum Gasteiger partial charge on any atom is 0.253 e. The van der Waals surface area contributed by atoms with E-state index in [0.29, 0.717) is 22.7 Å². The number of nitrogens with one attached hydrogen (secondary N) is 1. The zero-order valence-electron chi connectivity index (χ0n) is 13.2. The first-order valence-electron chi connectivity index (χ1n) is 8.50. The summed E-state index contributed by atoms with van der Waals surface area (Å²) in [5, 5.41) is 3.75. The molecule has 3 nitrogen and oxygen atoms in total. The van der Waals surface area contributed by atoms with Gasteiger partial charge in [-0.1, -0.05) is 37.1 Å². The summed E-state index contributed by atoms with van der Waals surface area (Å²) in [7, 11) is 0. The fourth-order valence-electron chi connectivity index (χ4n) is 4.13. The Hall–Kier alpha value is -1.06. The van der Waals surface area contributed by atoms with E-state index in [1.54, 1.807) is 12.1 Å². The smallest absolute Gasteiger partial charge is 0.253 e. The summed E-state index contributed by atoms with van der Waals surface area (Å²) >= 11 is 6.13. The normalized spacial score (nSPS) is 28.4. The Morgan fingerprint density at radius 2 is 1.95 bits per heavy atom. The highest BCUT2D eigenvalue weighted by Gasteiger charge is 2.38. The average Bonchev–Trinajstić information content (AvgIpc) is 2.48. The second-order valence-electron chi connectivity index (χ2n) is 6.60. The molecule has 1 aromatic rings. The van der Waals surface area contributed by atoms with Gasteiger partial charge in [-0.15, -0.1) is 0 Å². The number of fused-ring (bicyclic) bond motifs is 2. The number of rotatable bonds is 4. The SMILES string of the molecule is CCCN1[C@@H]2CCC[C@H]1CC(NC(=O)c1ccccc1Cl)C2. The number of carbonyl (C=O) groups excluding carboxylic acids is 1. The van der Waals surface area contributed by atoms with Crippen LogP contribution >= 0.6 is 11.6 Å². The van der Waals surface area contributed by atoms with Crippen LogP contribution in [0.15, 0.2) is 24.3 Å². The van der Waals surface area contributed by atoms with Gasteiger partial charge in [0.2, 0.25) is 0 Å². The van der Waals surface area contributed by atoms with Crippen LogP contribution < -0.4 is 5.32 Å². The summed E-state index contributed by atoms with van der Waals surface area (Å²) in [5.74, 6) is -0.0300. The van der Waals surface area contributed by atoms with Crippen LogP contribution in [0.4, 0.5) is 0 Å². The Morgan fingerprint density at radius 1 is 1.27 bits per heavy atom. The highest BCUT2D eigenvalue weighted by atomic mass is 35.5. The molecule has 2 fully saturated rings. The quantitative estimate of drug-likeness (QED) is 0.913. The van der Waals surface area contributed by atoms with Gasteiger partial charge in [-0.2, -0.15) is 0 Å². The van der Waals surface area contributed by atoms with Gasteiger partial charge in [0.15, 0.2) is 0 Å². The molecule has 2 aliphatic rings. The van der Waals surface area contributed by atoms with Gasteiger partial charge in [0.1, 0.15) is 0 Å². The Kier molecular flexibility index (Phi) is 5.04. The lowest BCUT2D eigenvalue weighted by molar-refractivity contribution is 0.0245. The van der Waals surface area contributed by atoms with E-state index in [0.717, 1.165) is 12.8 Å². The van der Waals surface area contributed by atoms with Crippen LogP contribution in [0.1, 0.15) is 55.8 Å². The maximum absolute atomic E-state index is 12.5. The first kappa shape index (κ1) is 15.8. The van der Waals surface area contributed by atoms with Crippen LogP contribution in [0.3, 0.4) is 0 Å². The third-order valence-electron chi connectivity index (χ3n) is 5.06. The third kappa shape index (κ3) is 3.31. The van der Waals surface area contributed by atoms with E-state index in [4.69, 9.17) is 11.6 Å². The lowest BCUT2D eigenvalue weighted by Gasteiger charge is -2.49. The number of nitrogens with zero attached hydrogens (tertiary/aromatic N) is 1. The second-order valence-corrected chi connectivity index (χ2v) is 7.01. The predicted octanol–water partition coefficient (Wildman–Crippen LogP) is 3.87. The van der Waals surface area contributed by atoms with Crippen molar-refractivity contribution >= 4 is 17.5 Å². The zero-order valence-corrected chi connectivity index (χ0v) is 14.0. The van der Waals surface area contributed by atoms with E-state index >= 15 is 0 Å². The van der Waals surface area contributed by atoms with Gasteiger partial charge in [0.05, 0.1) is 10.6 Å². The van der Waals surface area contributed by atoms with Crippen molar-refractivity contribution in [3.63, 3.8) is 0 Å². The van der Waals surface area contributed by atoms with Crippen molar-refractivity contribution in [2.75, 3.05) is 6.54 Å². The summed E-state index contributed by atoms with van der Waals surface area (Å²) in [5.41, 5.74) is 0.588. The minimum Gasteiger partial charge on any atom is -0.349 e. The van der Waals surface area contributed by atoms with Crippen molar-refractivity contribution in [1.29, 1.82) is 0 Å². The van der Waals surface area contributed by atoms with Gasteiger partial charge < -0.3 is 5.32 Å². The van der Waals surface area contributed by atoms with Crippen molar-refractivity contribution in [2.45, 2.75) is 63.6 Å². The standard InChI is InChI=1S/C18H25ClN2O/c1-2-10-21-14-6-5-7-15(21)12-13(11-14)20-18(22)16-8-3-4-9-17(16)19/h3-4,8-9,13-15H,2,5-7,10-12H2,1H3,(H,20,22)/t13?,14-,15+. The third-order valence-corrected chi connectivity index (χ3v) is 5.39. The molecule has 3 rings (SSSR count). The van der Waals surface area contributed by atoms with E-state index in [-0.39, 0.29) is 11.9 Å². The van der Waals surface area contributed by atoms with Gasteiger partial charge in [-0.25, -0.2) is 0 Å². The molecule has 1 unspecified atom stereocenters. The number of halogens is 1. The molecule has 1 amide bonds. The summed E-state index contributed by atoms with van der Waals surface area (Å²) in [4.78, 5) is 15.1. The lowest BCUT2D eigenvalue weighted by Crippen LogP contribution is -2.57. The maximum atomic E-state index is 12.5. The van der Waals surface area contributed by atoms with E-state index in [9.17, 15) is 4.79 Å². The number of carbonyl (C=O) groups is 1. The average molecular weight is 321 g/mol. The predicted molar refractivity (Wildman–Crippen MR) is 90.4 cm³/mol. The number of hydrogen-bond donors (Lipinski definition) is 1. The minimum absolute atomic E-state index is 0.0300. The van der Waals surface area contributed by atoms with Crippen molar-refractivity contribution in [3.05, 3.63) is 34.9 Å². The number of hydrogen-bond acceptors (Lipinski definition) is 2. The molecule has 1 N–H and O–H groups in total. The van der Waals surface area contributed by atoms with E-state index in [1.807, 2.05) is 12.1 Å². The largest absolute Gasteiger partial charge is 0.349 e.